The molecule has 3 nitrogen and oxygen atoms in total. The summed E-state index contributed by atoms with van der Waals surface area (Å²) in [6.45, 7) is 1.96. The van der Waals surface area contributed by atoms with Crippen molar-refractivity contribution < 1.29 is 13.9 Å². The Balaban J connectivity index is 2.86. The Morgan fingerprint density at radius 1 is 1.62 bits per heavy atom. The Hall–Kier alpha value is -1.07. The lowest BCUT2D eigenvalue weighted by Gasteiger charge is -2.07. The highest BCUT2D eigenvalue weighted by atomic mass is 32.1. The van der Waals surface area contributed by atoms with Crippen LogP contribution in [0, 0.1) is 5.82 Å². The molecular formula is C11H14FNO2S. The van der Waals surface area contributed by atoms with Crippen LogP contribution in [0.15, 0.2) is 18.2 Å². The van der Waals surface area contributed by atoms with E-state index in [9.17, 15) is 9.18 Å². The number of benzene rings is 1. The molecule has 1 unspecified atom stereocenters. The Morgan fingerprint density at radius 3 is 2.81 bits per heavy atom. The minimum atomic E-state index is -0.525. The number of carbonyl (C=O) groups excluding carboxylic acids is 1. The number of esters is 1. The van der Waals surface area contributed by atoms with E-state index in [0.717, 1.165) is 6.07 Å². The van der Waals surface area contributed by atoms with Crippen LogP contribution in [-0.2, 0) is 11.2 Å². The Labute approximate surface area is 99.2 Å². The molecule has 1 aromatic carbocycles. The summed E-state index contributed by atoms with van der Waals surface area (Å²) in [5.41, 5.74) is 6.09. The maximum atomic E-state index is 13.5. The van der Waals surface area contributed by atoms with Crippen molar-refractivity contribution in [2.45, 2.75) is 18.7 Å². The zero-order chi connectivity index (χ0) is 12.1. The minimum Gasteiger partial charge on any atom is -0.462 e. The first-order valence-electron chi connectivity index (χ1n) is 4.93. The van der Waals surface area contributed by atoms with Gasteiger partial charge in [0.05, 0.1) is 17.5 Å². The predicted octanol–water partition coefficient (Wildman–Crippen LogP) is 1.76. The molecule has 0 bridgehead atoms. The molecule has 1 atom stereocenters. The number of hydrogen-bond donors (Lipinski definition) is 2. The topological polar surface area (TPSA) is 52.3 Å². The van der Waals surface area contributed by atoms with Gasteiger partial charge < -0.3 is 10.5 Å². The highest BCUT2D eigenvalue weighted by Gasteiger charge is 2.11. The van der Waals surface area contributed by atoms with Gasteiger partial charge in [-0.2, -0.15) is 12.6 Å². The van der Waals surface area contributed by atoms with Crippen molar-refractivity contribution in [2.24, 2.45) is 5.73 Å². The van der Waals surface area contributed by atoms with Crippen LogP contribution >= 0.6 is 12.6 Å². The molecule has 0 radical (unpaired) electrons. The third-order valence-corrected chi connectivity index (χ3v) is 2.18. The summed E-state index contributed by atoms with van der Waals surface area (Å²) in [7, 11) is 0. The molecule has 2 N–H and O–H groups in total. The molecule has 0 heterocycles. The maximum Gasteiger partial charge on any atom is 0.338 e. The Morgan fingerprint density at radius 2 is 2.31 bits per heavy atom. The van der Waals surface area contributed by atoms with Gasteiger partial charge in [0.2, 0.25) is 0 Å². The fourth-order valence-electron chi connectivity index (χ4n) is 1.28. The van der Waals surface area contributed by atoms with E-state index < -0.39 is 17.2 Å². The monoisotopic (exact) mass is 243 g/mol. The van der Waals surface area contributed by atoms with Gasteiger partial charge in [-0.15, -0.1) is 0 Å². The van der Waals surface area contributed by atoms with Crippen molar-refractivity contribution in [2.75, 3.05) is 6.61 Å². The lowest BCUT2D eigenvalue weighted by molar-refractivity contribution is 0.0526. The van der Waals surface area contributed by atoms with E-state index in [1.54, 1.807) is 6.92 Å². The van der Waals surface area contributed by atoms with Crippen molar-refractivity contribution in [1.82, 2.24) is 0 Å². The number of nitrogens with two attached hydrogens (primary N) is 1. The standard InChI is InChI=1S/C11H14FNO2S/c1-2-15-11(14)8-4-3-7(6-10(13)16)9(12)5-8/h3-5,10,16H,2,6,13H2,1H3. The van der Waals surface area contributed by atoms with Crippen LogP contribution in [0.3, 0.4) is 0 Å². The highest BCUT2D eigenvalue weighted by molar-refractivity contribution is 7.80. The van der Waals surface area contributed by atoms with E-state index in [4.69, 9.17) is 10.5 Å². The second kappa shape index (κ2) is 5.86. The van der Waals surface area contributed by atoms with Gasteiger partial charge in [0.25, 0.3) is 0 Å². The molecule has 0 aromatic heterocycles. The van der Waals surface area contributed by atoms with E-state index in [2.05, 4.69) is 12.6 Å². The zero-order valence-electron chi connectivity index (χ0n) is 8.94. The van der Waals surface area contributed by atoms with Crippen LogP contribution in [0.1, 0.15) is 22.8 Å². The summed E-state index contributed by atoms with van der Waals surface area (Å²) in [6, 6.07) is 4.20. The molecule has 0 aliphatic heterocycles. The Bertz CT molecular complexity index is 382. The molecule has 0 aliphatic carbocycles. The Kier molecular flexibility index (Phi) is 4.76. The van der Waals surface area contributed by atoms with Gasteiger partial charge in [-0.3, -0.25) is 0 Å². The molecule has 0 aliphatic rings. The largest absolute Gasteiger partial charge is 0.462 e. The first-order chi connectivity index (χ1) is 7.54. The van der Waals surface area contributed by atoms with Crippen molar-refractivity contribution in [1.29, 1.82) is 0 Å². The molecule has 0 spiro atoms. The van der Waals surface area contributed by atoms with Gasteiger partial charge in [-0.05, 0) is 31.0 Å². The predicted molar refractivity (Wildman–Crippen MR) is 63.0 cm³/mol. The van der Waals surface area contributed by atoms with Gasteiger partial charge in [-0.1, -0.05) is 6.07 Å². The number of ether oxygens (including phenoxy) is 1. The molecule has 16 heavy (non-hydrogen) atoms. The second-order valence-electron chi connectivity index (χ2n) is 3.30. The van der Waals surface area contributed by atoms with Gasteiger partial charge >= 0.3 is 5.97 Å². The molecule has 1 rings (SSSR count). The maximum absolute atomic E-state index is 13.5. The van der Waals surface area contributed by atoms with Gasteiger partial charge in [-0.25, -0.2) is 9.18 Å². The average molecular weight is 243 g/mol. The van der Waals surface area contributed by atoms with Gasteiger partial charge in [0.15, 0.2) is 0 Å². The van der Waals surface area contributed by atoms with Crippen LogP contribution in [-0.4, -0.2) is 18.0 Å². The first-order valence-corrected chi connectivity index (χ1v) is 5.45. The molecule has 0 fully saturated rings. The van der Waals surface area contributed by atoms with Crippen LogP contribution < -0.4 is 5.73 Å². The number of rotatable bonds is 4. The molecule has 0 saturated carbocycles. The van der Waals surface area contributed by atoms with E-state index in [1.807, 2.05) is 0 Å². The van der Waals surface area contributed by atoms with E-state index in [1.165, 1.54) is 12.1 Å². The van der Waals surface area contributed by atoms with Crippen LogP contribution in [0.25, 0.3) is 0 Å². The second-order valence-corrected chi connectivity index (χ2v) is 3.96. The normalized spacial score (nSPS) is 12.2. The van der Waals surface area contributed by atoms with Crippen LogP contribution in [0.2, 0.25) is 0 Å². The van der Waals surface area contributed by atoms with E-state index in [-0.39, 0.29) is 12.2 Å². The number of halogens is 1. The number of carbonyl (C=O) groups is 1. The highest BCUT2D eigenvalue weighted by Crippen LogP contribution is 2.13. The fourth-order valence-corrected chi connectivity index (χ4v) is 1.48. The molecular weight excluding hydrogens is 229 g/mol. The first kappa shape index (κ1) is 13.0. The van der Waals surface area contributed by atoms with Crippen LogP contribution in [0.4, 0.5) is 4.39 Å². The summed E-state index contributed by atoms with van der Waals surface area (Å²) in [5, 5.41) is -0.414. The van der Waals surface area contributed by atoms with E-state index in [0.29, 0.717) is 12.0 Å². The SMILES string of the molecule is CCOC(=O)c1ccc(CC(N)S)c(F)c1. The van der Waals surface area contributed by atoms with Crippen LogP contribution in [0.5, 0.6) is 0 Å². The fraction of sp³-hybridized carbons (Fsp3) is 0.364. The molecule has 1 aromatic rings. The number of thiol groups is 1. The summed E-state index contributed by atoms with van der Waals surface area (Å²) in [5.74, 6) is -0.988. The lowest BCUT2D eigenvalue weighted by Crippen LogP contribution is -2.16. The van der Waals surface area contributed by atoms with E-state index >= 15 is 0 Å². The molecule has 5 heteroatoms. The average Bonchev–Trinajstić information content (AvgIpc) is 2.20. The van der Waals surface area contributed by atoms with Crippen molar-refractivity contribution in [3.05, 3.63) is 35.1 Å². The van der Waals surface area contributed by atoms with Gasteiger partial charge in [0.1, 0.15) is 5.82 Å². The molecule has 0 amide bonds. The smallest absolute Gasteiger partial charge is 0.338 e. The third kappa shape index (κ3) is 3.50. The summed E-state index contributed by atoms with van der Waals surface area (Å²) >= 11 is 3.98. The minimum absolute atomic E-state index is 0.204. The summed E-state index contributed by atoms with van der Waals surface area (Å²) < 4.78 is 18.3. The van der Waals surface area contributed by atoms with Crippen molar-refractivity contribution in [3.8, 4) is 0 Å². The summed E-state index contributed by atoms with van der Waals surface area (Å²) in [4.78, 5) is 11.3. The quantitative estimate of drug-likeness (QED) is 0.481. The van der Waals surface area contributed by atoms with Crippen molar-refractivity contribution in [3.63, 3.8) is 0 Å². The lowest BCUT2D eigenvalue weighted by atomic mass is 10.1. The third-order valence-electron chi connectivity index (χ3n) is 1.99. The molecule has 0 saturated heterocycles. The zero-order valence-corrected chi connectivity index (χ0v) is 9.84. The molecule has 88 valence electrons. The van der Waals surface area contributed by atoms with Gasteiger partial charge in [0, 0.05) is 0 Å². The summed E-state index contributed by atoms with van der Waals surface area (Å²) in [6.07, 6.45) is 0.318. The number of hydrogen-bond acceptors (Lipinski definition) is 4. The van der Waals surface area contributed by atoms with Crippen molar-refractivity contribution >= 4 is 18.6 Å².